The Hall–Kier alpha value is -2.67. The number of nitrogens with zero attached hydrogens (tertiary/aromatic N) is 2. The predicted molar refractivity (Wildman–Crippen MR) is 115 cm³/mol. The first-order valence-electron chi connectivity index (χ1n) is 10.8. The number of aromatic hydroxyl groups is 1. The van der Waals surface area contributed by atoms with Crippen molar-refractivity contribution in [2.45, 2.75) is 63.6 Å². The molecule has 3 heterocycles. The van der Waals surface area contributed by atoms with E-state index in [-0.39, 0.29) is 11.7 Å². The van der Waals surface area contributed by atoms with Gasteiger partial charge in [-0.15, -0.1) is 0 Å². The molecule has 1 aromatic heterocycles. The Balaban J connectivity index is 1.57. The SMILES string of the molecule is CNC12CCC(CC1)Cn1c2nc(C(=O)NC(C)CCc2ccccc2)c(O)c1=O. The van der Waals surface area contributed by atoms with Crippen molar-refractivity contribution >= 4 is 5.91 Å². The van der Waals surface area contributed by atoms with Crippen molar-refractivity contribution in [2.75, 3.05) is 7.05 Å². The van der Waals surface area contributed by atoms with E-state index in [0.717, 1.165) is 38.5 Å². The van der Waals surface area contributed by atoms with Gasteiger partial charge in [0.1, 0.15) is 5.82 Å². The molecule has 30 heavy (non-hydrogen) atoms. The number of amides is 1. The number of hydrogen-bond acceptors (Lipinski definition) is 5. The lowest BCUT2D eigenvalue weighted by molar-refractivity contribution is 0.0928. The van der Waals surface area contributed by atoms with Gasteiger partial charge in [0.2, 0.25) is 5.75 Å². The van der Waals surface area contributed by atoms with Gasteiger partial charge in [-0.1, -0.05) is 30.3 Å². The van der Waals surface area contributed by atoms with Gasteiger partial charge in [-0.05, 0) is 64.0 Å². The maximum atomic E-state index is 12.9. The van der Waals surface area contributed by atoms with E-state index >= 15 is 0 Å². The van der Waals surface area contributed by atoms with Crippen LogP contribution in [0.25, 0.3) is 0 Å². The molecule has 7 heteroatoms. The maximum absolute atomic E-state index is 12.9. The molecule has 0 radical (unpaired) electrons. The molecule has 1 unspecified atom stereocenters. The Labute approximate surface area is 176 Å². The van der Waals surface area contributed by atoms with E-state index in [4.69, 9.17) is 0 Å². The first kappa shape index (κ1) is 20.6. The van der Waals surface area contributed by atoms with Crippen molar-refractivity contribution in [3.05, 3.63) is 57.8 Å². The van der Waals surface area contributed by atoms with Crippen molar-refractivity contribution in [3.63, 3.8) is 0 Å². The number of rotatable bonds is 6. The Morgan fingerprint density at radius 1 is 1.30 bits per heavy atom. The smallest absolute Gasteiger partial charge is 0.296 e. The zero-order valence-corrected chi connectivity index (χ0v) is 17.6. The first-order chi connectivity index (χ1) is 14.4. The van der Waals surface area contributed by atoms with E-state index in [1.165, 1.54) is 5.56 Å². The van der Waals surface area contributed by atoms with Crippen LogP contribution >= 0.6 is 0 Å². The minimum absolute atomic E-state index is 0.116. The molecule has 160 valence electrons. The number of carbonyl (C=O) groups excluding carboxylic acids is 1. The van der Waals surface area contributed by atoms with Gasteiger partial charge in [0.15, 0.2) is 5.69 Å². The number of aryl methyl sites for hydroxylation is 1. The fourth-order valence-corrected chi connectivity index (χ4v) is 4.83. The molecule has 5 rings (SSSR count). The van der Waals surface area contributed by atoms with Crippen LogP contribution in [-0.4, -0.2) is 33.7 Å². The predicted octanol–water partition coefficient (Wildman–Crippen LogP) is 2.32. The molecule has 1 fully saturated rings. The average Bonchev–Trinajstić information content (AvgIpc) is 3.02. The van der Waals surface area contributed by atoms with Gasteiger partial charge < -0.3 is 15.7 Å². The molecule has 2 aliphatic heterocycles. The summed E-state index contributed by atoms with van der Waals surface area (Å²) in [5.74, 6) is -0.0723. The van der Waals surface area contributed by atoms with Crippen LogP contribution in [0.1, 0.15) is 60.9 Å². The van der Waals surface area contributed by atoms with Crippen LogP contribution in [0, 0.1) is 5.92 Å². The zero-order chi connectivity index (χ0) is 21.3. The highest BCUT2D eigenvalue weighted by molar-refractivity contribution is 5.94. The molecule has 1 saturated carbocycles. The Morgan fingerprint density at radius 2 is 2.00 bits per heavy atom. The summed E-state index contributed by atoms with van der Waals surface area (Å²) in [5, 5.41) is 16.8. The highest BCUT2D eigenvalue weighted by Gasteiger charge is 2.43. The summed E-state index contributed by atoms with van der Waals surface area (Å²) in [6.07, 6.45) is 5.34. The third-order valence-corrected chi connectivity index (χ3v) is 6.75. The number of aromatic nitrogens is 2. The van der Waals surface area contributed by atoms with Crippen molar-refractivity contribution in [2.24, 2.45) is 5.92 Å². The number of hydrogen-bond donors (Lipinski definition) is 3. The van der Waals surface area contributed by atoms with Crippen molar-refractivity contribution in [1.82, 2.24) is 20.2 Å². The van der Waals surface area contributed by atoms with E-state index in [1.54, 1.807) is 4.57 Å². The second kappa shape index (κ2) is 8.22. The van der Waals surface area contributed by atoms with Gasteiger partial charge in [0, 0.05) is 12.6 Å². The summed E-state index contributed by atoms with van der Waals surface area (Å²) in [4.78, 5) is 30.4. The molecule has 0 spiro atoms. The van der Waals surface area contributed by atoms with Crippen LogP contribution in [0.2, 0.25) is 0 Å². The minimum atomic E-state index is -0.556. The van der Waals surface area contributed by atoms with Crippen LogP contribution in [-0.2, 0) is 18.5 Å². The highest BCUT2D eigenvalue weighted by atomic mass is 16.3. The number of nitrogens with one attached hydrogen (secondary N) is 2. The summed E-state index contributed by atoms with van der Waals surface area (Å²) in [5.41, 5.74) is 0.0938. The van der Waals surface area contributed by atoms with Gasteiger partial charge in [-0.2, -0.15) is 0 Å². The van der Waals surface area contributed by atoms with E-state index in [0.29, 0.717) is 18.3 Å². The third kappa shape index (κ3) is 3.74. The summed E-state index contributed by atoms with van der Waals surface area (Å²) in [6, 6.07) is 9.96. The lowest BCUT2D eigenvalue weighted by Crippen LogP contribution is -2.45. The standard InChI is InChI=1S/C23H30N4O3/c1-15(8-9-16-6-4-3-5-7-16)25-20(29)18-19(28)21(30)27-14-17-10-12-23(24-2,13-11-17)22(27)26-18/h3-7,15,17,24,28H,8-14H2,1-2H3,(H,25,29). The van der Waals surface area contributed by atoms with Crippen molar-refractivity contribution < 1.29 is 9.90 Å². The van der Waals surface area contributed by atoms with Crippen LogP contribution in [0.3, 0.4) is 0 Å². The Morgan fingerprint density at radius 3 is 2.67 bits per heavy atom. The van der Waals surface area contributed by atoms with Crippen LogP contribution in [0.15, 0.2) is 35.1 Å². The van der Waals surface area contributed by atoms with E-state index in [1.807, 2.05) is 32.2 Å². The summed E-state index contributed by atoms with van der Waals surface area (Å²) >= 11 is 0. The fourth-order valence-electron chi connectivity index (χ4n) is 4.83. The van der Waals surface area contributed by atoms with Gasteiger partial charge >= 0.3 is 0 Å². The van der Waals surface area contributed by atoms with E-state index < -0.39 is 22.8 Å². The quantitative estimate of drug-likeness (QED) is 0.679. The van der Waals surface area contributed by atoms with Crippen LogP contribution in [0.5, 0.6) is 5.75 Å². The summed E-state index contributed by atoms with van der Waals surface area (Å²) in [7, 11) is 1.88. The molecule has 3 N–H and O–H groups in total. The molecule has 1 aliphatic carbocycles. The molecule has 2 bridgehead atoms. The summed E-state index contributed by atoms with van der Waals surface area (Å²) in [6.45, 7) is 2.47. The monoisotopic (exact) mass is 410 g/mol. The Kier molecular flexibility index (Phi) is 5.64. The molecule has 1 aromatic carbocycles. The highest BCUT2D eigenvalue weighted by Crippen LogP contribution is 2.42. The van der Waals surface area contributed by atoms with Gasteiger partial charge in [0.05, 0.1) is 5.54 Å². The van der Waals surface area contributed by atoms with Crippen LogP contribution in [0.4, 0.5) is 0 Å². The average molecular weight is 411 g/mol. The van der Waals surface area contributed by atoms with Crippen LogP contribution < -0.4 is 16.2 Å². The largest absolute Gasteiger partial charge is 0.501 e. The fraction of sp³-hybridized carbons (Fsp3) is 0.522. The minimum Gasteiger partial charge on any atom is -0.501 e. The lowest BCUT2D eigenvalue weighted by atomic mass is 9.77. The van der Waals surface area contributed by atoms with E-state index in [2.05, 4.69) is 27.8 Å². The van der Waals surface area contributed by atoms with Gasteiger partial charge in [-0.3, -0.25) is 14.2 Å². The number of carbonyl (C=O) groups is 1. The molecule has 0 saturated heterocycles. The van der Waals surface area contributed by atoms with E-state index in [9.17, 15) is 14.7 Å². The molecular weight excluding hydrogens is 380 g/mol. The number of fused-ring (bicyclic) bond motifs is 2. The summed E-state index contributed by atoms with van der Waals surface area (Å²) < 4.78 is 1.58. The second-order valence-electron chi connectivity index (χ2n) is 8.72. The molecule has 1 amide bonds. The Bertz CT molecular complexity index is 978. The first-order valence-corrected chi connectivity index (χ1v) is 10.8. The second-order valence-corrected chi connectivity index (χ2v) is 8.72. The topological polar surface area (TPSA) is 96.2 Å². The lowest BCUT2D eigenvalue weighted by Gasteiger charge is -2.36. The molecule has 7 nitrogen and oxygen atoms in total. The van der Waals surface area contributed by atoms with Crippen molar-refractivity contribution in [1.29, 1.82) is 0 Å². The molecule has 1 atom stereocenters. The zero-order valence-electron chi connectivity index (χ0n) is 17.6. The maximum Gasteiger partial charge on any atom is 0.296 e. The molecular formula is C23H30N4O3. The van der Waals surface area contributed by atoms with Gasteiger partial charge in [-0.25, -0.2) is 4.98 Å². The third-order valence-electron chi connectivity index (χ3n) is 6.75. The van der Waals surface area contributed by atoms with Gasteiger partial charge in [0.25, 0.3) is 11.5 Å². The number of benzene rings is 1. The molecule has 2 aromatic rings. The molecule has 3 aliphatic rings. The van der Waals surface area contributed by atoms with Crippen molar-refractivity contribution in [3.8, 4) is 5.75 Å². The normalized spacial score (nSPS) is 23.5.